The van der Waals surface area contributed by atoms with Crippen LogP contribution in [0.3, 0.4) is 0 Å². The maximum absolute atomic E-state index is 14.8. The predicted molar refractivity (Wildman–Crippen MR) is 121 cm³/mol. The molecule has 2 atom stereocenters. The van der Waals surface area contributed by atoms with Crippen LogP contribution in [0.15, 0.2) is 29.9 Å². The summed E-state index contributed by atoms with van der Waals surface area (Å²) in [7, 11) is 0. The highest BCUT2D eigenvalue weighted by molar-refractivity contribution is 7.18. The SMILES string of the molecule is CCN1CCC[C@H](c2cc3c(Nc4cc5ncsc5cc4F)c(F)cnc3s2)[C@H]1C. The van der Waals surface area contributed by atoms with Gasteiger partial charge in [0.1, 0.15) is 10.6 Å². The van der Waals surface area contributed by atoms with Gasteiger partial charge >= 0.3 is 0 Å². The van der Waals surface area contributed by atoms with Crippen LogP contribution in [-0.4, -0.2) is 34.0 Å². The summed E-state index contributed by atoms with van der Waals surface area (Å²) < 4.78 is 30.2. The number of anilines is 2. The highest BCUT2D eigenvalue weighted by Crippen LogP contribution is 2.41. The number of halogens is 2. The molecule has 0 amide bonds. The predicted octanol–water partition coefficient (Wildman–Crippen LogP) is 6.52. The normalized spacial score (nSPS) is 20.3. The largest absolute Gasteiger partial charge is 0.350 e. The minimum Gasteiger partial charge on any atom is -0.350 e. The molecule has 4 aromatic rings. The van der Waals surface area contributed by atoms with E-state index in [0.29, 0.717) is 22.9 Å². The summed E-state index contributed by atoms with van der Waals surface area (Å²) in [6, 6.07) is 5.54. The molecule has 0 saturated carbocycles. The second-order valence-corrected chi connectivity index (χ2v) is 9.69. The van der Waals surface area contributed by atoms with E-state index < -0.39 is 11.6 Å². The van der Waals surface area contributed by atoms with E-state index in [1.165, 1.54) is 28.5 Å². The van der Waals surface area contributed by atoms with E-state index >= 15 is 0 Å². The number of likely N-dealkylation sites (N-methyl/N-ethyl adjacent to an activating group) is 1. The van der Waals surface area contributed by atoms with Gasteiger partial charge in [-0.2, -0.15) is 0 Å². The zero-order chi connectivity index (χ0) is 20.8. The van der Waals surface area contributed by atoms with Gasteiger partial charge in [-0.3, -0.25) is 0 Å². The number of nitrogens with one attached hydrogen (secondary N) is 1. The topological polar surface area (TPSA) is 41.0 Å². The zero-order valence-electron chi connectivity index (χ0n) is 16.8. The van der Waals surface area contributed by atoms with Crippen molar-refractivity contribution in [2.45, 2.75) is 38.6 Å². The number of rotatable bonds is 4. The lowest BCUT2D eigenvalue weighted by molar-refractivity contribution is 0.148. The molecule has 1 aliphatic rings. The van der Waals surface area contributed by atoms with Crippen LogP contribution in [0.5, 0.6) is 0 Å². The molecule has 1 N–H and O–H groups in total. The van der Waals surface area contributed by atoms with Crippen molar-refractivity contribution in [1.82, 2.24) is 14.9 Å². The van der Waals surface area contributed by atoms with E-state index in [1.807, 2.05) is 6.07 Å². The molecule has 1 saturated heterocycles. The minimum atomic E-state index is -0.489. The number of likely N-dealkylation sites (tertiary alicyclic amines) is 1. The summed E-state index contributed by atoms with van der Waals surface area (Å²) in [5, 5.41) is 3.69. The molecule has 1 aromatic carbocycles. The molecule has 0 spiro atoms. The minimum absolute atomic E-state index is 0.218. The van der Waals surface area contributed by atoms with E-state index in [9.17, 15) is 8.78 Å². The first-order chi connectivity index (χ1) is 14.5. The smallest absolute Gasteiger partial charge is 0.165 e. The monoisotopic (exact) mass is 444 g/mol. The molecule has 0 bridgehead atoms. The fourth-order valence-corrected chi connectivity index (χ4v) is 6.37. The van der Waals surface area contributed by atoms with E-state index in [2.05, 4.69) is 34.0 Å². The van der Waals surface area contributed by atoms with Gasteiger partial charge in [-0.15, -0.1) is 22.7 Å². The van der Waals surface area contributed by atoms with Crippen molar-refractivity contribution in [2.75, 3.05) is 18.4 Å². The van der Waals surface area contributed by atoms with E-state index in [1.54, 1.807) is 22.9 Å². The van der Waals surface area contributed by atoms with Gasteiger partial charge in [-0.1, -0.05) is 6.92 Å². The molecule has 0 unspecified atom stereocenters. The van der Waals surface area contributed by atoms with Crippen LogP contribution in [0.4, 0.5) is 20.2 Å². The first-order valence-electron chi connectivity index (χ1n) is 10.2. The summed E-state index contributed by atoms with van der Waals surface area (Å²) in [5.41, 5.74) is 2.86. The van der Waals surface area contributed by atoms with Crippen LogP contribution in [0.25, 0.3) is 20.4 Å². The van der Waals surface area contributed by atoms with Crippen molar-refractivity contribution >= 4 is 54.5 Å². The van der Waals surface area contributed by atoms with Gasteiger partial charge in [0, 0.05) is 22.2 Å². The van der Waals surface area contributed by atoms with E-state index in [4.69, 9.17) is 0 Å². The molecular formula is C22H22F2N4S2. The Morgan fingerprint density at radius 2 is 2.07 bits per heavy atom. The van der Waals surface area contributed by atoms with Crippen molar-refractivity contribution in [3.8, 4) is 0 Å². The van der Waals surface area contributed by atoms with Gasteiger partial charge < -0.3 is 10.2 Å². The van der Waals surface area contributed by atoms with Crippen molar-refractivity contribution in [2.24, 2.45) is 0 Å². The number of benzene rings is 1. The Morgan fingerprint density at radius 3 is 2.90 bits per heavy atom. The maximum Gasteiger partial charge on any atom is 0.165 e. The molecule has 30 heavy (non-hydrogen) atoms. The molecule has 4 nitrogen and oxygen atoms in total. The van der Waals surface area contributed by atoms with Gasteiger partial charge in [0.15, 0.2) is 5.82 Å². The molecule has 8 heteroatoms. The first kappa shape index (κ1) is 19.8. The van der Waals surface area contributed by atoms with Gasteiger partial charge in [-0.05, 0) is 51.1 Å². The van der Waals surface area contributed by atoms with Gasteiger partial charge in [0.2, 0.25) is 0 Å². The van der Waals surface area contributed by atoms with Crippen LogP contribution in [0, 0.1) is 11.6 Å². The third-order valence-corrected chi connectivity index (χ3v) is 8.07. The van der Waals surface area contributed by atoms with Crippen LogP contribution in [0.1, 0.15) is 37.5 Å². The fraction of sp³-hybridized carbons (Fsp3) is 0.364. The average Bonchev–Trinajstić information content (AvgIpc) is 3.37. The van der Waals surface area contributed by atoms with Crippen molar-refractivity contribution in [3.63, 3.8) is 0 Å². The van der Waals surface area contributed by atoms with Crippen molar-refractivity contribution in [1.29, 1.82) is 0 Å². The molecule has 0 radical (unpaired) electrons. The molecule has 1 fully saturated rings. The second kappa shape index (κ2) is 7.83. The summed E-state index contributed by atoms with van der Waals surface area (Å²) in [6.45, 7) is 6.61. The number of hydrogen-bond donors (Lipinski definition) is 1. The molecule has 156 valence electrons. The quantitative estimate of drug-likeness (QED) is 0.389. The maximum atomic E-state index is 14.8. The number of fused-ring (bicyclic) bond motifs is 2. The zero-order valence-corrected chi connectivity index (χ0v) is 18.4. The summed E-state index contributed by atoms with van der Waals surface area (Å²) >= 11 is 2.99. The standard InChI is InChI=1S/C22H22F2N4S2/c1-3-28-6-4-5-13(12(28)2)19-7-14-21(16(24)10-25-22(14)30-19)27-17-9-18-20(8-15(17)23)29-11-26-18/h7-13H,3-6H2,1-2H3,(H,25,27)/t12-,13+/m1/s1. The van der Waals surface area contributed by atoms with Crippen LogP contribution >= 0.6 is 22.7 Å². The third kappa shape index (κ3) is 3.36. The molecule has 1 aliphatic heterocycles. The lowest BCUT2D eigenvalue weighted by Crippen LogP contribution is -2.41. The summed E-state index contributed by atoms with van der Waals surface area (Å²) in [6.07, 6.45) is 3.49. The Labute approximate surface area is 181 Å². The Kier molecular flexibility index (Phi) is 5.16. The average molecular weight is 445 g/mol. The van der Waals surface area contributed by atoms with Crippen molar-refractivity contribution < 1.29 is 8.78 Å². The molecule has 3 aromatic heterocycles. The van der Waals surface area contributed by atoms with E-state index in [-0.39, 0.29) is 11.4 Å². The van der Waals surface area contributed by atoms with E-state index in [0.717, 1.165) is 35.5 Å². The third-order valence-electron chi connectivity index (χ3n) is 6.10. The lowest BCUT2D eigenvalue weighted by atomic mass is 9.89. The molecule has 5 rings (SSSR count). The Morgan fingerprint density at radius 1 is 1.20 bits per heavy atom. The lowest BCUT2D eigenvalue weighted by Gasteiger charge is -2.38. The number of thiophene rings is 1. The molecular weight excluding hydrogens is 422 g/mol. The molecule has 0 aliphatic carbocycles. The second-order valence-electron chi connectivity index (χ2n) is 7.74. The number of hydrogen-bond acceptors (Lipinski definition) is 6. The highest BCUT2D eigenvalue weighted by atomic mass is 32.1. The highest BCUT2D eigenvalue weighted by Gasteiger charge is 2.30. The number of aromatic nitrogens is 2. The number of thiazole rings is 1. The Balaban J connectivity index is 1.55. The number of nitrogens with zero attached hydrogens (tertiary/aromatic N) is 3. The van der Waals surface area contributed by atoms with Gasteiger partial charge in [0.05, 0.1) is 33.3 Å². The van der Waals surface area contributed by atoms with Crippen LogP contribution in [0.2, 0.25) is 0 Å². The van der Waals surface area contributed by atoms with Gasteiger partial charge in [-0.25, -0.2) is 18.7 Å². The Hall–Kier alpha value is -2.16. The fourth-order valence-electron chi connectivity index (χ4n) is 4.44. The van der Waals surface area contributed by atoms with Crippen LogP contribution in [-0.2, 0) is 0 Å². The Bertz CT molecular complexity index is 1220. The van der Waals surface area contributed by atoms with Crippen molar-refractivity contribution in [3.05, 3.63) is 46.4 Å². The summed E-state index contributed by atoms with van der Waals surface area (Å²) in [5.74, 6) is -0.514. The first-order valence-corrected chi connectivity index (χ1v) is 11.9. The number of pyridine rings is 1. The van der Waals surface area contributed by atoms with Crippen LogP contribution < -0.4 is 5.32 Å². The molecule has 4 heterocycles. The van der Waals surface area contributed by atoms with Gasteiger partial charge in [0.25, 0.3) is 0 Å². The summed E-state index contributed by atoms with van der Waals surface area (Å²) in [4.78, 5) is 13.0. The number of piperidine rings is 1.